The predicted molar refractivity (Wildman–Crippen MR) is 137 cm³/mol. The van der Waals surface area contributed by atoms with Crippen LogP contribution < -0.4 is 4.31 Å². The van der Waals surface area contributed by atoms with Crippen LogP contribution in [0.2, 0.25) is 5.02 Å². The largest absolute Gasteiger partial charge is 0.341 e. The molecule has 0 aromatic heterocycles. The van der Waals surface area contributed by atoms with Crippen molar-refractivity contribution >= 4 is 33.2 Å². The highest BCUT2D eigenvalue weighted by Crippen LogP contribution is 2.30. The molecule has 1 heterocycles. The molecule has 7 heteroatoms. The van der Waals surface area contributed by atoms with Gasteiger partial charge in [0.15, 0.2) is 0 Å². The summed E-state index contributed by atoms with van der Waals surface area (Å²) in [6.07, 6.45) is 2.81. The van der Waals surface area contributed by atoms with Gasteiger partial charge in [0, 0.05) is 18.1 Å². The van der Waals surface area contributed by atoms with E-state index in [2.05, 4.69) is 12.1 Å². The Morgan fingerprint density at radius 1 is 0.971 bits per heavy atom. The van der Waals surface area contributed by atoms with Crippen molar-refractivity contribution in [1.29, 1.82) is 0 Å². The fourth-order valence-corrected chi connectivity index (χ4v) is 6.09. The van der Waals surface area contributed by atoms with E-state index in [1.807, 2.05) is 25.1 Å². The van der Waals surface area contributed by atoms with Crippen molar-refractivity contribution in [3.05, 3.63) is 95.0 Å². The number of halogens is 1. The Bertz CT molecular complexity index is 1230. The number of sulfonamides is 1. The van der Waals surface area contributed by atoms with Crippen LogP contribution in [0.25, 0.3) is 0 Å². The normalized spacial score (nSPS) is 14.7. The lowest BCUT2D eigenvalue weighted by Gasteiger charge is -2.34. The summed E-state index contributed by atoms with van der Waals surface area (Å²) in [5.41, 5.74) is 2.46. The van der Waals surface area contributed by atoms with Gasteiger partial charge in [-0.3, -0.25) is 9.10 Å². The van der Waals surface area contributed by atoms with Gasteiger partial charge >= 0.3 is 0 Å². The van der Waals surface area contributed by atoms with Crippen molar-refractivity contribution in [1.82, 2.24) is 4.90 Å². The van der Waals surface area contributed by atoms with Gasteiger partial charge in [-0.15, -0.1) is 0 Å². The van der Waals surface area contributed by atoms with E-state index in [0.29, 0.717) is 29.7 Å². The second kappa shape index (κ2) is 10.6. The SMILES string of the molecule is Cc1ccc(Cl)cc1N(CC(=O)N1CCC(Cc2ccccc2)CC1)S(=O)(=O)c1ccccc1. The van der Waals surface area contributed by atoms with Crippen molar-refractivity contribution in [2.75, 3.05) is 23.9 Å². The first-order valence-electron chi connectivity index (χ1n) is 11.5. The van der Waals surface area contributed by atoms with E-state index < -0.39 is 10.0 Å². The van der Waals surface area contributed by atoms with E-state index in [0.717, 1.165) is 24.8 Å². The Balaban J connectivity index is 1.52. The minimum absolute atomic E-state index is 0.142. The fraction of sp³-hybridized carbons (Fsp3) is 0.296. The van der Waals surface area contributed by atoms with Crippen molar-refractivity contribution in [3.63, 3.8) is 0 Å². The van der Waals surface area contributed by atoms with Crippen LogP contribution in [0.1, 0.15) is 24.0 Å². The number of hydrogen-bond acceptors (Lipinski definition) is 3. The van der Waals surface area contributed by atoms with Crippen LogP contribution in [0.4, 0.5) is 5.69 Å². The van der Waals surface area contributed by atoms with Gasteiger partial charge in [0.2, 0.25) is 5.91 Å². The van der Waals surface area contributed by atoms with E-state index in [1.165, 1.54) is 9.87 Å². The average Bonchev–Trinajstić information content (AvgIpc) is 2.85. The number of piperidine rings is 1. The molecule has 0 bridgehead atoms. The minimum Gasteiger partial charge on any atom is -0.341 e. The van der Waals surface area contributed by atoms with E-state index in [4.69, 9.17) is 11.6 Å². The molecule has 1 saturated heterocycles. The zero-order valence-corrected chi connectivity index (χ0v) is 20.8. The molecule has 0 saturated carbocycles. The Kier molecular flexibility index (Phi) is 7.59. The summed E-state index contributed by atoms with van der Waals surface area (Å²) in [7, 11) is -3.95. The molecule has 3 aromatic rings. The molecule has 0 spiro atoms. The summed E-state index contributed by atoms with van der Waals surface area (Å²) in [6.45, 7) is 2.81. The Hall–Kier alpha value is -2.83. The van der Waals surface area contributed by atoms with Crippen LogP contribution in [0.3, 0.4) is 0 Å². The lowest BCUT2D eigenvalue weighted by molar-refractivity contribution is -0.130. The molecule has 0 radical (unpaired) electrons. The standard InChI is InChI=1S/C27H29ClN2O3S/c1-21-12-13-24(28)19-26(21)30(34(32,33)25-10-6-3-7-11-25)20-27(31)29-16-14-23(15-17-29)18-22-8-4-2-5-9-22/h2-13,19,23H,14-18,20H2,1H3. The van der Waals surface area contributed by atoms with Gasteiger partial charge in [-0.25, -0.2) is 8.42 Å². The molecule has 1 amide bonds. The number of hydrogen-bond donors (Lipinski definition) is 0. The molecule has 0 atom stereocenters. The molecule has 34 heavy (non-hydrogen) atoms. The molecule has 0 N–H and O–H groups in total. The smallest absolute Gasteiger partial charge is 0.264 e. The van der Waals surface area contributed by atoms with E-state index >= 15 is 0 Å². The third-order valence-electron chi connectivity index (χ3n) is 6.38. The van der Waals surface area contributed by atoms with Crippen LogP contribution in [0.15, 0.2) is 83.8 Å². The molecule has 3 aromatic carbocycles. The van der Waals surface area contributed by atoms with E-state index in [9.17, 15) is 13.2 Å². The monoisotopic (exact) mass is 496 g/mol. The van der Waals surface area contributed by atoms with Crippen LogP contribution in [-0.2, 0) is 21.2 Å². The molecular formula is C27H29ClN2O3S. The number of aryl methyl sites for hydroxylation is 1. The fourth-order valence-electron chi connectivity index (χ4n) is 4.43. The van der Waals surface area contributed by atoms with Crippen molar-refractivity contribution in [2.45, 2.75) is 31.1 Å². The number of benzene rings is 3. The van der Waals surface area contributed by atoms with Gasteiger partial charge < -0.3 is 4.90 Å². The first kappa shape index (κ1) is 24.3. The van der Waals surface area contributed by atoms with Gasteiger partial charge in [0.25, 0.3) is 10.0 Å². The number of carbonyl (C=O) groups is 1. The molecule has 0 aliphatic carbocycles. The van der Waals surface area contributed by atoms with Crippen molar-refractivity contribution < 1.29 is 13.2 Å². The number of carbonyl (C=O) groups excluding carboxylic acids is 1. The van der Waals surface area contributed by atoms with Crippen molar-refractivity contribution in [3.8, 4) is 0 Å². The van der Waals surface area contributed by atoms with E-state index in [-0.39, 0.29) is 17.3 Å². The number of nitrogens with zero attached hydrogens (tertiary/aromatic N) is 2. The minimum atomic E-state index is -3.95. The molecule has 1 aliphatic heterocycles. The van der Waals surface area contributed by atoms with Crippen molar-refractivity contribution in [2.24, 2.45) is 5.92 Å². The summed E-state index contributed by atoms with van der Waals surface area (Å²) < 4.78 is 28.4. The van der Waals surface area contributed by atoms with Gasteiger partial charge in [-0.05, 0) is 67.5 Å². The Morgan fingerprint density at radius 3 is 2.24 bits per heavy atom. The van der Waals surface area contributed by atoms with Crippen LogP contribution in [0.5, 0.6) is 0 Å². The quantitative estimate of drug-likeness (QED) is 0.444. The second-order valence-electron chi connectivity index (χ2n) is 8.77. The topological polar surface area (TPSA) is 57.7 Å². The lowest BCUT2D eigenvalue weighted by atomic mass is 9.90. The second-order valence-corrected chi connectivity index (χ2v) is 11.1. The first-order valence-corrected chi connectivity index (χ1v) is 13.3. The highest BCUT2D eigenvalue weighted by Gasteiger charge is 2.31. The zero-order chi connectivity index (χ0) is 24.1. The maximum absolute atomic E-state index is 13.6. The molecule has 1 fully saturated rings. The highest BCUT2D eigenvalue weighted by molar-refractivity contribution is 7.92. The molecule has 178 valence electrons. The number of amides is 1. The molecule has 4 rings (SSSR count). The lowest BCUT2D eigenvalue weighted by Crippen LogP contribution is -2.46. The average molecular weight is 497 g/mol. The molecular weight excluding hydrogens is 468 g/mol. The third kappa shape index (κ3) is 5.62. The van der Waals surface area contributed by atoms with Gasteiger partial charge in [-0.2, -0.15) is 0 Å². The first-order chi connectivity index (χ1) is 16.3. The predicted octanol–water partition coefficient (Wildman–Crippen LogP) is 5.33. The summed E-state index contributed by atoms with van der Waals surface area (Å²) in [5, 5.41) is 0.419. The van der Waals surface area contributed by atoms with Crippen LogP contribution in [-0.4, -0.2) is 38.9 Å². The summed E-state index contributed by atoms with van der Waals surface area (Å²) in [6, 6.07) is 23.7. The summed E-state index contributed by atoms with van der Waals surface area (Å²) in [4.78, 5) is 15.2. The highest BCUT2D eigenvalue weighted by atomic mass is 35.5. The number of rotatable bonds is 7. The van der Waals surface area contributed by atoms with Gasteiger partial charge in [-0.1, -0.05) is 66.2 Å². The van der Waals surface area contributed by atoms with Gasteiger partial charge in [0.1, 0.15) is 6.54 Å². The molecule has 1 aliphatic rings. The Morgan fingerprint density at radius 2 is 1.59 bits per heavy atom. The molecule has 5 nitrogen and oxygen atoms in total. The third-order valence-corrected chi connectivity index (χ3v) is 8.39. The summed E-state index contributed by atoms with van der Waals surface area (Å²) in [5.74, 6) is 0.322. The molecule has 0 unspecified atom stereocenters. The number of likely N-dealkylation sites (tertiary alicyclic amines) is 1. The van der Waals surface area contributed by atoms with E-state index in [1.54, 1.807) is 53.4 Å². The Labute approximate surface area is 207 Å². The van der Waals surface area contributed by atoms with Gasteiger partial charge in [0.05, 0.1) is 10.6 Å². The number of anilines is 1. The van der Waals surface area contributed by atoms with Crippen LogP contribution >= 0.6 is 11.6 Å². The maximum Gasteiger partial charge on any atom is 0.264 e. The maximum atomic E-state index is 13.6. The summed E-state index contributed by atoms with van der Waals surface area (Å²) >= 11 is 6.21. The zero-order valence-electron chi connectivity index (χ0n) is 19.2. The van der Waals surface area contributed by atoms with Crippen LogP contribution in [0, 0.1) is 12.8 Å².